The quantitative estimate of drug-likeness (QED) is 0.607. The summed E-state index contributed by atoms with van der Waals surface area (Å²) >= 11 is 6.11. The molecule has 1 aromatic carbocycles. The Balaban J connectivity index is 2.19. The number of hydrogen-bond donors (Lipinski definition) is 2. The second-order valence-electron chi connectivity index (χ2n) is 4.73. The maximum atomic E-state index is 12.2. The summed E-state index contributed by atoms with van der Waals surface area (Å²) in [6, 6.07) is 3.95. The van der Waals surface area contributed by atoms with E-state index in [9.17, 15) is 15.0 Å². The van der Waals surface area contributed by atoms with Crippen LogP contribution in [0.4, 0.5) is 0 Å². The van der Waals surface area contributed by atoms with Crippen LogP contribution in [0.2, 0.25) is 0 Å². The molecular formula is C13H16ClNO3. The number of alkyl halides is 1. The van der Waals surface area contributed by atoms with Crippen LogP contribution in [0.25, 0.3) is 0 Å². The fourth-order valence-electron chi connectivity index (χ4n) is 2.17. The third kappa shape index (κ3) is 2.53. The number of hydrogen-bond acceptors (Lipinski definition) is 3. The number of benzene rings is 1. The van der Waals surface area contributed by atoms with Crippen LogP contribution in [0, 0.1) is 5.92 Å². The van der Waals surface area contributed by atoms with Gasteiger partial charge in [0.2, 0.25) is 0 Å². The maximum absolute atomic E-state index is 12.2. The van der Waals surface area contributed by atoms with E-state index >= 15 is 0 Å². The molecule has 0 radical (unpaired) electrons. The summed E-state index contributed by atoms with van der Waals surface area (Å²) in [5, 5.41) is 19.1. The van der Waals surface area contributed by atoms with Gasteiger partial charge in [-0.15, -0.1) is 11.6 Å². The van der Waals surface area contributed by atoms with E-state index in [1.807, 2.05) is 6.92 Å². The summed E-state index contributed by atoms with van der Waals surface area (Å²) in [7, 11) is 0. The van der Waals surface area contributed by atoms with Gasteiger partial charge in [0, 0.05) is 18.5 Å². The molecule has 1 saturated heterocycles. The Bertz CT molecular complexity index is 464. The van der Waals surface area contributed by atoms with Crippen LogP contribution in [0.1, 0.15) is 23.7 Å². The van der Waals surface area contributed by atoms with E-state index in [0.29, 0.717) is 13.1 Å². The van der Waals surface area contributed by atoms with E-state index in [0.717, 1.165) is 6.42 Å². The summed E-state index contributed by atoms with van der Waals surface area (Å²) in [6.07, 6.45) is 0.744. The number of likely N-dealkylation sites (tertiary alicyclic amines) is 1. The second kappa shape index (κ2) is 5.06. The van der Waals surface area contributed by atoms with Crippen LogP contribution in [-0.4, -0.2) is 39.5 Å². The van der Waals surface area contributed by atoms with Crippen molar-refractivity contribution in [3.05, 3.63) is 23.8 Å². The molecule has 1 aliphatic rings. The monoisotopic (exact) mass is 269 g/mol. The molecule has 1 aliphatic heterocycles. The van der Waals surface area contributed by atoms with Crippen molar-refractivity contribution in [3.8, 4) is 11.5 Å². The van der Waals surface area contributed by atoms with Crippen LogP contribution in [0.3, 0.4) is 0 Å². The highest BCUT2D eigenvalue weighted by atomic mass is 35.5. The Morgan fingerprint density at radius 1 is 1.44 bits per heavy atom. The fourth-order valence-corrected chi connectivity index (χ4v) is 2.34. The Kier molecular flexibility index (Phi) is 3.66. The molecule has 1 aromatic rings. The van der Waals surface area contributed by atoms with Crippen LogP contribution in [0.15, 0.2) is 18.2 Å². The molecule has 0 bridgehead atoms. The number of phenolic OH excluding ortho intramolecular Hbond substituents is 2. The molecule has 1 amide bonds. The SMILES string of the molecule is CC1CN(C(=O)c2cc(O)ccc2O)CCC1Cl. The minimum Gasteiger partial charge on any atom is -0.508 e. The van der Waals surface area contributed by atoms with Crippen molar-refractivity contribution in [2.45, 2.75) is 18.7 Å². The lowest BCUT2D eigenvalue weighted by atomic mass is 9.98. The number of carbonyl (C=O) groups excluding carboxylic acids is 1. The van der Waals surface area contributed by atoms with Gasteiger partial charge in [-0.2, -0.15) is 0 Å². The highest BCUT2D eigenvalue weighted by Crippen LogP contribution is 2.27. The normalized spacial score (nSPS) is 24.0. The highest BCUT2D eigenvalue weighted by Gasteiger charge is 2.28. The molecule has 18 heavy (non-hydrogen) atoms. The van der Waals surface area contributed by atoms with Gasteiger partial charge in [-0.3, -0.25) is 4.79 Å². The number of amides is 1. The van der Waals surface area contributed by atoms with Gasteiger partial charge >= 0.3 is 0 Å². The first-order valence-electron chi connectivity index (χ1n) is 5.94. The lowest BCUT2D eigenvalue weighted by molar-refractivity contribution is 0.0683. The minimum absolute atomic E-state index is 0.0311. The first-order chi connectivity index (χ1) is 8.49. The molecule has 2 rings (SSSR count). The van der Waals surface area contributed by atoms with Gasteiger partial charge < -0.3 is 15.1 Å². The lowest BCUT2D eigenvalue weighted by Gasteiger charge is -2.34. The van der Waals surface area contributed by atoms with Crippen molar-refractivity contribution in [1.82, 2.24) is 4.90 Å². The predicted molar refractivity (Wildman–Crippen MR) is 69.1 cm³/mol. The van der Waals surface area contributed by atoms with Crippen molar-refractivity contribution in [3.63, 3.8) is 0 Å². The lowest BCUT2D eigenvalue weighted by Crippen LogP contribution is -2.43. The van der Waals surface area contributed by atoms with Gasteiger partial charge in [0.25, 0.3) is 5.91 Å². The summed E-state index contributed by atoms with van der Waals surface area (Å²) in [6.45, 7) is 3.15. The van der Waals surface area contributed by atoms with E-state index in [2.05, 4.69) is 0 Å². The van der Waals surface area contributed by atoms with Gasteiger partial charge in [-0.05, 0) is 30.5 Å². The Morgan fingerprint density at radius 3 is 2.83 bits per heavy atom. The van der Waals surface area contributed by atoms with E-state index in [1.165, 1.54) is 18.2 Å². The molecule has 0 saturated carbocycles. The number of halogens is 1. The zero-order valence-corrected chi connectivity index (χ0v) is 10.9. The van der Waals surface area contributed by atoms with Crippen molar-refractivity contribution in [1.29, 1.82) is 0 Å². The molecule has 4 nitrogen and oxygen atoms in total. The number of aromatic hydroxyl groups is 2. The largest absolute Gasteiger partial charge is 0.508 e. The van der Waals surface area contributed by atoms with Gasteiger partial charge in [-0.1, -0.05) is 6.92 Å². The van der Waals surface area contributed by atoms with Crippen LogP contribution < -0.4 is 0 Å². The smallest absolute Gasteiger partial charge is 0.257 e. The maximum Gasteiger partial charge on any atom is 0.257 e. The molecule has 5 heteroatoms. The third-order valence-electron chi connectivity index (χ3n) is 3.30. The first kappa shape index (κ1) is 13.0. The Morgan fingerprint density at radius 2 is 2.17 bits per heavy atom. The van der Waals surface area contributed by atoms with Crippen molar-refractivity contribution < 1.29 is 15.0 Å². The van der Waals surface area contributed by atoms with E-state index < -0.39 is 0 Å². The van der Waals surface area contributed by atoms with Gasteiger partial charge in [0.05, 0.1) is 5.56 Å². The van der Waals surface area contributed by atoms with E-state index in [-0.39, 0.29) is 34.3 Å². The molecule has 98 valence electrons. The Labute approximate surface area is 111 Å². The molecule has 2 unspecified atom stereocenters. The molecule has 2 atom stereocenters. The molecule has 0 aliphatic carbocycles. The number of carbonyl (C=O) groups is 1. The van der Waals surface area contributed by atoms with Gasteiger partial charge in [0.15, 0.2) is 0 Å². The topological polar surface area (TPSA) is 60.8 Å². The van der Waals surface area contributed by atoms with Gasteiger partial charge in [-0.25, -0.2) is 0 Å². The average molecular weight is 270 g/mol. The van der Waals surface area contributed by atoms with E-state index in [4.69, 9.17) is 11.6 Å². The van der Waals surface area contributed by atoms with E-state index in [1.54, 1.807) is 4.90 Å². The van der Waals surface area contributed by atoms with Gasteiger partial charge in [0.1, 0.15) is 11.5 Å². The van der Waals surface area contributed by atoms with Crippen molar-refractivity contribution in [2.75, 3.05) is 13.1 Å². The highest BCUT2D eigenvalue weighted by molar-refractivity contribution is 6.20. The number of piperidine rings is 1. The number of phenols is 2. The molecule has 0 spiro atoms. The van der Waals surface area contributed by atoms with Crippen molar-refractivity contribution >= 4 is 17.5 Å². The predicted octanol–water partition coefficient (Wildman–Crippen LogP) is 2.19. The average Bonchev–Trinajstić information content (AvgIpc) is 2.35. The minimum atomic E-state index is -0.265. The number of nitrogens with zero attached hydrogens (tertiary/aromatic N) is 1. The Hall–Kier alpha value is -1.42. The zero-order chi connectivity index (χ0) is 13.3. The molecular weight excluding hydrogens is 254 g/mol. The van der Waals surface area contributed by atoms with Crippen molar-refractivity contribution in [2.24, 2.45) is 5.92 Å². The molecule has 2 N–H and O–H groups in total. The third-order valence-corrected chi connectivity index (χ3v) is 3.95. The summed E-state index contributed by atoms with van der Waals surface area (Å²) in [5.74, 6) is -0.183. The first-order valence-corrected chi connectivity index (χ1v) is 6.38. The van der Waals surface area contributed by atoms with Crippen LogP contribution in [-0.2, 0) is 0 Å². The summed E-state index contributed by atoms with van der Waals surface area (Å²) in [5.41, 5.74) is 0.134. The molecule has 1 heterocycles. The number of rotatable bonds is 1. The fraction of sp³-hybridized carbons (Fsp3) is 0.462. The van der Waals surface area contributed by atoms with Crippen LogP contribution in [0.5, 0.6) is 11.5 Å². The van der Waals surface area contributed by atoms with Crippen LogP contribution >= 0.6 is 11.6 Å². The summed E-state index contributed by atoms with van der Waals surface area (Å²) in [4.78, 5) is 13.9. The summed E-state index contributed by atoms with van der Waals surface area (Å²) < 4.78 is 0. The molecule has 1 fully saturated rings. The standard InChI is InChI=1S/C13H16ClNO3/c1-8-7-15(5-4-11(8)14)13(18)10-6-9(16)2-3-12(10)17/h2-3,6,8,11,16-17H,4-5,7H2,1H3. The second-order valence-corrected chi connectivity index (χ2v) is 5.30. The molecule has 0 aromatic heterocycles. The zero-order valence-electron chi connectivity index (χ0n) is 10.1.